The van der Waals surface area contributed by atoms with Crippen LogP contribution < -0.4 is 0 Å². The van der Waals surface area contributed by atoms with Crippen molar-refractivity contribution >= 4 is 16.1 Å². The molecule has 1 saturated heterocycles. The van der Waals surface area contributed by atoms with Crippen molar-refractivity contribution in [2.24, 2.45) is 0 Å². The van der Waals surface area contributed by atoms with Crippen LogP contribution in [0.15, 0.2) is 71.6 Å². The Bertz CT molecular complexity index is 1000. The van der Waals surface area contributed by atoms with E-state index in [4.69, 9.17) is 9.47 Å². The minimum atomic E-state index is -4.07. The number of cyclic esters (lactones) is 1. The van der Waals surface area contributed by atoms with E-state index in [1.807, 2.05) is 44.2 Å². The van der Waals surface area contributed by atoms with E-state index in [1.54, 1.807) is 31.2 Å². The maximum absolute atomic E-state index is 13.3. The SMILES string of the molecule is CC[C@@H]1OC(=O)N(S(=O)(=O)c2ccc(C)cc2)[C@@]1(C)C=CCOCc1ccccc1. The first-order chi connectivity index (χ1) is 14.3. The molecule has 0 radical (unpaired) electrons. The predicted molar refractivity (Wildman–Crippen MR) is 114 cm³/mol. The average Bonchev–Trinajstić information content (AvgIpc) is 2.99. The van der Waals surface area contributed by atoms with E-state index in [2.05, 4.69) is 0 Å². The van der Waals surface area contributed by atoms with Crippen LogP contribution in [-0.4, -0.2) is 37.1 Å². The zero-order chi connectivity index (χ0) is 21.8. The Kier molecular flexibility index (Phi) is 6.63. The highest BCUT2D eigenvalue weighted by molar-refractivity contribution is 7.89. The summed E-state index contributed by atoms with van der Waals surface area (Å²) in [5.74, 6) is 0. The fourth-order valence-corrected chi connectivity index (χ4v) is 5.19. The van der Waals surface area contributed by atoms with E-state index in [0.717, 1.165) is 15.4 Å². The molecule has 0 N–H and O–H groups in total. The van der Waals surface area contributed by atoms with E-state index in [0.29, 0.717) is 13.0 Å². The second-order valence-electron chi connectivity index (χ2n) is 7.49. The van der Waals surface area contributed by atoms with Gasteiger partial charge in [-0.15, -0.1) is 0 Å². The molecule has 1 aliphatic heterocycles. The molecule has 3 rings (SSSR count). The maximum atomic E-state index is 13.3. The number of hydrogen-bond donors (Lipinski definition) is 0. The lowest BCUT2D eigenvalue weighted by Crippen LogP contribution is -2.50. The summed E-state index contributed by atoms with van der Waals surface area (Å²) in [6.45, 7) is 6.16. The van der Waals surface area contributed by atoms with Crippen LogP contribution in [-0.2, 0) is 26.1 Å². The van der Waals surface area contributed by atoms with Crippen molar-refractivity contribution in [3.8, 4) is 0 Å². The van der Waals surface area contributed by atoms with Crippen molar-refractivity contribution in [1.82, 2.24) is 4.31 Å². The normalized spacial score (nSPS) is 21.9. The van der Waals surface area contributed by atoms with Gasteiger partial charge in [-0.3, -0.25) is 0 Å². The standard InChI is InChI=1S/C23H27NO5S/c1-4-21-23(3,15-8-16-28-17-19-9-6-5-7-10-19)24(22(25)29-21)30(26,27)20-13-11-18(2)12-14-20/h5-15,21H,4,16-17H2,1-3H3/t21-,23-/m0/s1. The molecule has 0 bridgehead atoms. The molecule has 0 spiro atoms. The molecule has 6 nitrogen and oxygen atoms in total. The van der Waals surface area contributed by atoms with Gasteiger partial charge in [-0.2, -0.15) is 4.31 Å². The van der Waals surface area contributed by atoms with E-state index in [9.17, 15) is 13.2 Å². The number of hydrogen-bond acceptors (Lipinski definition) is 5. The van der Waals surface area contributed by atoms with Gasteiger partial charge in [-0.05, 0) is 38.0 Å². The molecule has 2 atom stereocenters. The number of rotatable bonds is 8. The van der Waals surface area contributed by atoms with Gasteiger partial charge < -0.3 is 9.47 Å². The van der Waals surface area contributed by atoms with Gasteiger partial charge in [0.05, 0.1) is 18.1 Å². The maximum Gasteiger partial charge on any atom is 0.425 e. The smallest absolute Gasteiger partial charge is 0.425 e. The Balaban J connectivity index is 1.81. The molecule has 1 aliphatic rings. The molecule has 1 amide bonds. The fraction of sp³-hybridized carbons (Fsp3) is 0.348. The summed E-state index contributed by atoms with van der Waals surface area (Å²) in [5, 5.41) is 0. The molecular formula is C23H27NO5S. The largest absolute Gasteiger partial charge is 0.442 e. The molecule has 7 heteroatoms. The van der Waals surface area contributed by atoms with Crippen LogP contribution in [0.3, 0.4) is 0 Å². The summed E-state index contributed by atoms with van der Waals surface area (Å²) in [6.07, 6.45) is 2.47. The summed E-state index contributed by atoms with van der Waals surface area (Å²) in [7, 11) is -4.07. The lowest BCUT2D eigenvalue weighted by atomic mass is 9.93. The third-order valence-electron chi connectivity index (χ3n) is 5.21. The fourth-order valence-electron chi connectivity index (χ4n) is 3.57. The molecule has 0 unspecified atom stereocenters. The zero-order valence-corrected chi connectivity index (χ0v) is 18.3. The van der Waals surface area contributed by atoms with E-state index in [1.165, 1.54) is 12.1 Å². The molecule has 30 heavy (non-hydrogen) atoms. The summed E-state index contributed by atoms with van der Waals surface area (Å²) >= 11 is 0. The summed E-state index contributed by atoms with van der Waals surface area (Å²) in [5.41, 5.74) is 0.833. The first kappa shape index (κ1) is 22.1. The molecule has 1 heterocycles. The monoisotopic (exact) mass is 429 g/mol. The topological polar surface area (TPSA) is 72.9 Å². The molecule has 0 aromatic heterocycles. The number of nitrogens with zero attached hydrogens (tertiary/aromatic N) is 1. The lowest BCUT2D eigenvalue weighted by Gasteiger charge is -2.32. The highest BCUT2D eigenvalue weighted by Gasteiger charge is 2.55. The summed E-state index contributed by atoms with van der Waals surface area (Å²) in [4.78, 5) is 12.6. The molecule has 0 aliphatic carbocycles. The molecule has 2 aromatic carbocycles. The predicted octanol–water partition coefficient (Wildman–Crippen LogP) is 4.45. The van der Waals surface area contributed by atoms with Crippen LogP contribution in [0.5, 0.6) is 0 Å². The minimum Gasteiger partial charge on any atom is -0.442 e. The van der Waals surface area contributed by atoms with Gasteiger partial charge in [-0.25, -0.2) is 13.2 Å². The Morgan fingerprint density at radius 2 is 1.80 bits per heavy atom. The van der Waals surface area contributed by atoms with Gasteiger partial charge in [0.15, 0.2) is 0 Å². The molecule has 160 valence electrons. The summed E-state index contributed by atoms with van der Waals surface area (Å²) in [6, 6.07) is 16.2. The lowest BCUT2D eigenvalue weighted by molar-refractivity contribution is 0.119. The number of carbonyl (C=O) groups is 1. The molecule has 0 saturated carbocycles. The molecule has 1 fully saturated rings. The first-order valence-electron chi connectivity index (χ1n) is 9.91. The highest BCUT2D eigenvalue weighted by Crippen LogP contribution is 2.38. The minimum absolute atomic E-state index is 0.0572. The van der Waals surface area contributed by atoms with E-state index < -0.39 is 27.8 Å². The number of sulfonamides is 1. The van der Waals surface area contributed by atoms with Gasteiger partial charge in [0.25, 0.3) is 10.0 Å². The Labute approximate surface area is 178 Å². The van der Waals surface area contributed by atoms with Crippen LogP contribution >= 0.6 is 0 Å². The number of ether oxygens (including phenoxy) is 2. The third kappa shape index (κ3) is 4.42. The van der Waals surface area contributed by atoms with Gasteiger partial charge >= 0.3 is 6.09 Å². The van der Waals surface area contributed by atoms with E-state index in [-0.39, 0.29) is 11.5 Å². The van der Waals surface area contributed by atoms with Crippen LogP contribution in [0.2, 0.25) is 0 Å². The van der Waals surface area contributed by atoms with Gasteiger partial charge in [0, 0.05) is 0 Å². The number of aryl methyl sites for hydroxylation is 1. The molecular weight excluding hydrogens is 402 g/mol. The van der Waals surface area contributed by atoms with Gasteiger partial charge in [0.1, 0.15) is 11.6 Å². The van der Waals surface area contributed by atoms with E-state index >= 15 is 0 Å². The number of benzene rings is 2. The van der Waals surface area contributed by atoms with Crippen LogP contribution in [0.25, 0.3) is 0 Å². The first-order valence-corrected chi connectivity index (χ1v) is 11.3. The van der Waals surface area contributed by atoms with Crippen molar-refractivity contribution in [2.75, 3.05) is 6.61 Å². The van der Waals surface area contributed by atoms with Gasteiger partial charge in [-0.1, -0.05) is 67.1 Å². The second-order valence-corrected chi connectivity index (χ2v) is 9.28. The van der Waals surface area contributed by atoms with Crippen LogP contribution in [0.1, 0.15) is 31.4 Å². The van der Waals surface area contributed by atoms with Crippen molar-refractivity contribution in [3.05, 3.63) is 77.9 Å². The zero-order valence-electron chi connectivity index (χ0n) is 17.4. The number of amides is 1. The van der Waals surface area contributed by atoms with Crippen molar-refractivity contribution < 1.29 is 22.7 Å². The molecule has 2 aromatic rings. The van der Waals surface area contributed by atoms with Crippen LogP contribution in [0, 0.1) is 6.92 Å². The Morgan fingerprint density at radius 1 is 1.13 bits per heavy atom. The highest BCUT2D eigenvalue weighted by atomic mass is 32.2. The second kappa shape index (κ2) is 9.02. The summed E-state index contributed by atoms with van der Waals surface area (Å²) < 4.78 is 38.5. The Hall–Kier alpha value is -2.64. The number of carbonyl (C=O) groups excluding carboxylic acids is 1. The quantitative estimate of drug-likeness (QED) is 0.458. The van der Waals surface area contributed by atoms with Crippen molar-refractivity contribution in [3.63, 3.8) is 0 Å². The average molecular weight is 430 g/mol. The van der Waals surface area contributed by atoms with Crippen molar-refractivity contribution in [2.45, 2.75) is 50.3 Å². The van der Waals surface area contributed by atoms with Gasteiger partial charge in [0.2, 0.25) is 0 Å². The van der Waals surface area contributed by atoms with Crippen molar-refractivity contribution in [1.29, 1.82) is 0 Å². The van der Waals surface area contributed by atoms with Crippen LogP contribution in [0.4, 0.5) is 4.79 Å². The third-order valence-corrected chi connectivity index (χ3v) is 7.10. The Morgan fingerprint density at radius 3 is 2.43 bits per heavy atom.